The number of halogens is 3. The maximum Gasteiger partial charge on any atom is 0.403 e. The van der Waals surface area contributed by atoms with Crippen molar-refractivity contribution < 1.29 is 9.53 Å². The van der Waals surface area contributed by atoms with Crippen LogP contribution in [-0.4, -0.2) is 15.3 Å². The highest BCUT2D eigenvalue weighted by molar-refractivity contribution is 9.25. The zero-order chi connectivity index (χ0) is 7.49. The summed E-state index contributed by atoms with van der Waals surface area (Å²) in [4.78, 5) is 9.99. The summed E-state index contributed by atoms with van der Waals surface area (Å²) in [6.07, 6.45) is 0. The molecular formula is C4H5Br2ClO2. The van der Waals surface area contributed by atoms with Gasteiger partial charge in [0.05, 0.1) is 0 Å². The van der Waals surface area contributed by atoms with Crippen molar-refractivity contribution in [1.29, 1.82) is 0 Å². The summed E-state index contributed by atoms with van der Waals surface area (Å²) in [6.45, 7) is 2.00. The Balaban J connectivity index is 3.39. The number of hydrogen-bond donors (Lipinski definition) is 0. The lowest BCUT2D eigenvalue weighted by molar-refractivity contribution is 0.173. The maximum absolute atomic E-state index is 9.99. The molecular weight excluding hydrogens is 275 g/mol. The van der Waals surface area contributed by atoms with Crippen LogP contribution in [0.25, 0.3) is 0 Å². The first-order valence-electron chi connectivity index (χ1n) is 2.12. The fraction of sp³-hybridized carbons (Fsp3) is 0.750. The molecule has 0 saturated carbocycles. The second-order valence-corrected chi connectivity index (χ2v) is 6.47. The number of hydrogen-bond acceptors (Lipinski definition) is 2. The summed E-state index contributed by atoms with van der Waals surface area (Å²) in [6, 6.07) is 0. The predicted octanol–water partition coefficient (Wildman–Crippen LogP) is 2.87. The zero-order valence-electron chi connectivity index (χ0n) is 4.66. The van der Waals surface area contributed by atoms with E-state index in [1.54, 1.807) is 6.92 Å². The summed E-state index contributed by atoms with van der Waals surface area (Å²) in [5, 5.41) is 0. The summed E-state index contributed by atoms with van der Waals surface area (Å²) < 4.78 is 4.07. The average Bonchev–Trinajstić information content (AvgIpc) is 1.59. The Labute approximate surface area is 75.1 Å². The molecule has 0 aliphatic heterocycles. The second-order valence-electron chi connectivity index (χ2n) is 1.60. The molecule has 0 saturated heterocycles. The molecule has 0 aromatic carbocycles. The van der Waals surface area contributed by atoms with Gasteiger partial charge in [-0.15, -0.1) is 0 Å². The third-order valence-corrected chi connectivity index (χ3v) is 1.01. The van der Waals surface area contributed by atoms with Crippen molar-refractivity contribution in [3.8, 4) is 0 Å². The van der Waals surface area contributed by atoms with Crippen LogP contribution in [0.2, 0.25) is 0 Å². The van der Waals surface area contributed by atoms with Gasteiger partial charge >= 0.3 is 5.43 Å². The molecule has 5 heteroatoms. The highest BCUT2D eigenvalue weighted by Gasteiger charge is 2.16. The molecule has 54 valence electrons. The van der Waals surface area contributed by atoms with E-state index in [9.17, 15) is 4.79 Å². The molecule has 0 bridgehead atoms. The number of ether oxygens (including phenoxy) is 1. The van der Waals surface area contributed by atoms with Gasteiger partial charge in [-0.05, 0) is 6.92 Å². The fourth-order valence-electron chi connectivity index (χ4n) is 0.183. The van der Waals surface area contributed by atoms with E-state index >= 15 is 0 Å². The van der Waals surface area contributed by atoms with E-state index in [4.69, 9.17) is 11.6 Å². The van der Waals surface area contributed by atoms with Crippen molar-refractivity contribution in [1.82, 2.24) is 0 Å². The van der Waals surface area contributed by atoms with E-state index in [-0.39, 0.29) is 9.84 Å². The molecule has 0 N–H and O–H groups in total. The smallest absolute Gasteiger partial charge is 0.403 e. The van der Waals surface area contributed by atoms with Gasteiger partial charge in [-0.25, -0.2) is 4.79 Å². The second kappa shape index (κ2) is 3.78. The highest BCUT2D eigenvalue weighted by Crippen LogP contribution is 2.25. The average molecular weight is 280 g/mol. The Morgan fingerprint density at radius 2 is 2.22 bits per heavy atom. The first-order valence-corrected chi connectivity index (χ1v) is 4.08. The Morgan fingerprint density at radius 1 is 1.78 bits per heavy atom. The lowest BCUT2D eigenvalue weighted by atomic mass is 10.5. The topological polar surface area (TPSA) is 26.3 Å². The molecule has 0 aromatic rings. The standard InChI is InChI=1S/C4H5Br2ClO2/c1-4(5,6)2-9-3(7)8/h2H2,1H3. The van der Waals surface area contributed by atoms with E-state index in [0.29, 0.717) is 0 Å². The van der Waals surface area contributed by atoms with Gasteiger partial charge in [0.1, 0.15) is 9.84 Å². The minimum atomic E-state index is -0.792. The summed E-state index contributed by atoms with van der Waals surface area (Å²) >= 11 is 11.3. The lowest BCUT2D eigenvalue weighted by Crippen LogP contribution is -2.15. The van der Waals surface area contributed by atoms with Crippen molar-refractivity contribution >= 4 is 48.9 Å². The normalized spacial score (nSPS) is 11.1. The monoisotopic (exact) mass is 278 g/mol. The van der Waals surface area contributed by atoms with Crippen molar-refractivity contribution in [2.24, 2.45) is 0 Å². The highest BCUT2D eigenvalue weighted by atomic mass is 79.9. The Hall–Kier alpha value is 0.720. The zero-order valence-corrected chi connectivity index (χ0v) is 8.59. The molecule has 9 heavy (non-hydrogen) atoms. The summed E-state index contributed by atoms with van der Waals surface area (Å²) in [5.74, 6) is 0. The van der Waals surface area contributed by atoms with E-state index in [1.807, 2.05) is 0 Å². The van der Waals surface area contributed by atoms with Crippen LogP contribution in [0, 0.1) is 0 Å². The number of alkyl halides is 2. The molecule has 0 fully saturated rings. The van der Waals surface area contributed by atoms with Crippen LogP contribution in [0.1, 0.15) is 6.92 Å². The predicted molar refractivity (Wildman–Crippen MR) is 43.5 cm³/mol. The van der Waals surface area contributed by atoms with Crippen LogP contribution < -0.4 is 0 Å². The molecule has 0 spiro atoms. The van der Waals surface area contributed by atoms with E-state index in [1.165, 1.54) is 0 Å². The van der Waals surface area contributed by atoms with Gasteiger partial charge in [0.15, 0.2) is 0 Å². The number of carbonyl (C=O) groups is 1. The number of carbonyl (C=O) groups excluding carboxylic acids is 1. The molecule has 0 unspecified atom stereocenters. The van der Waals surface area contributed by atoms with Crippen LogP contribution in [-0.2, 0) is 4.74 Å². The summed E-state index contributed by atoms with van der Waals surface area (Å²) in [7, 11) is 0. The van der Waals surface area contributed by atoms with Gasteiger partial charge < -0.3 is 4.74 Å². The minimum absolute atomic E-state index is 0.204. The number of rotatable bonds is 2. The SMILES string of the molecule is CC(Br)(Br)COC(=O)Cl. The van der Waals surface area contributed by atoms with Gasteiger partial charge in [-0.2, -0.15) is 0 Å². The van der Waals surface area contributed by atoms with Gasteiger partial charge in [-0.3, -0.25) is 0 Å². The van der Waals surface area contributed by atoms with Gasteiger partial charge in [0.25, 0.3) is 0 Å². The van der Waals surface area contributed by atoms with Crippen molar-refractivity contribution in [2.45, 2.75) is 10.2 Å². The summed E-state index contributed by atoms with van der Waals surface area (Å²) in [5.41, 5.74) is -0.792. The van der Waals surface area contributed by atoms with E-state index < -0.39 is 5.43 Å². The van der Waals surface area contributed by atoms with Crippen LogP contribution in [0.5, 0.6) is 0 Å². The molecule has 0 heterocycles. The Morgan fingerprint density at radius 3 is 2.33 bits per heavy atom. The van der Waals surface area contributed by atoms with Gasteiger partial charge in [0, 0.05) is 11.6 Å². The molecule has 0 aromatic heterocycles. The van der Waals surface area contributed by atoms with Crippen LogP contribution in [0.4, 0.5) is 4.79 Å². The molecule has 0 rings (SSSR count). The van der Waals surface area contributed by atoms with Crippen LogP contribution in [0.3, 0.4) is 0 Å². The Kier molecular flexibility index (Phi) is 4.09. The molecule has 2 nitrogen and oxygen atoms in total. The van der Waals surface area contributed by atoms with Crippen molar-refractivity contribution in [2.75, 3.05) is 6.61 Å². The molecule has 0 aliphatic rings. The molecule has 0 aliphatic carbocycles. The molecule has 0 radical (unpaired) electrons. The maximum atomic E-state index is 9.99. The first kappa shape index (κ1) is 9.72. The van der Waals surface area contributed by atoms with Gasteiger partial charge in [-0.1, -0.05) is 31.9 Å². The fourth-order valence-corrected chi connectivity index (χ4v) is 0.467. The third kappa shape index (κ3) is 8.72. The van der Waals surface area contributed by atoms with Crippen molar-refractivity contribution in [3.05, 3.63) is 0 Å². The quantitative estimate of drug-likeness (QED) is 0.574. The van der Waals surface area contributed by atoms with Crippen LogP contribution in [0.15, 0.2) is 0 Å². The molecule has 0 atom stereocenters. The lowest BCUT2D eigenvalue weighted by Gasteiger charge is -2.11. The van der Waals surface area contributed by atoms with E-state index in [0.717, 1.165) is 0 Å². The largest absolute Gasteiger partial charge is 0.451 e. The minimum Gasteiger partial charge on any atom is -0.451 e. The van der Waals surface area contributed by atoms with E-state index in [2.05, 4.69) is 36.6 Å². The third-order valence-electron chi connectivity index (χ3n) is 0.439. The Bertz CT molecular complexity index is 110. The first-order chi connectivity index (χ1) is 3.92. The molecule has 0 amide bonds. The van der Waals surface area contributed by atoms with Crippen molar-refractivity contribution in [3.63, 3.8) is 0 Å². The van der Waals surface area contributed by atoms with Crippen LogP contribution >= 0.6 is 43.5 Å². The van der Waals surface area contributed by atoms with Gasteiger partial charge in [0.2, 0.25) is 0 Å².